The van der Waals surface area contributed by atoms with Crippen LogP contribution in [0.3, 0.4) is 0 Å². The van der Waals surface area contributed by atoms with Gasteiger partial charge in [-0.05, 0) is 44.2 Å². The van der Waals surface area contributed by atoms with Crippen molar-refractivity contribution in [3.63, 3.8) is 0 Å². The molecule has 1 atom stereocenters. The Morgan fingerprint density at radius 2 is 2.11 bits per heavy atom. The highest BCUT2D eigenvalue weighted by atomic mass is 35.5. The van der Waals surface area contributed by atoms with Gasteiger partial charge < -0.3 is 11.1 Å². The number of carbonyl (C=O) groups is 1. The molecule has 3 N–H and O–H groups in total. The maximum absolute atomic E-state index is 12.1. The number of nitrogens with two attached hydrogens (primary N) is 1. The molecule has 0 aliphatic rings. The summed E-state index contributed by atoms with van der Waals surface area (Å²) in [6, 6.07) is 8.90. The summed E-state index contributed by atoms with van der Waals surface area (Å²) in [6.07, 6.45) is 0. The fourth-order valence-electron chi connectivity index (χ4n) is 1.77. The first-order valence-corrected chi connectivity index (χ1v) is 7.09. The van der Waals surface area contributed by atoms with Crippen LogP contribution in [0.2, 0.25) is 5.02 Å². The number of nitrogens with one attached hydrogen (secondary N) is 1. The van der Waals surface area contributed by atoms with Gasteiger partial charge in [-0.1, -0.05) is 11.6 Å². The minimum Gasteiger partial charge on any atom is -0.398 e. The second-order valence-electron chi connectivity index (χ2n) is 4.38. The number of rotatable bonds is 3. The van der Waals surface area contributed by atoms with Crippen molar-refractivity contribution in [1.82, 2.24) is 5.32 Å². The molecule has 1 aromatic carbocycles. The Labute approximate surface area is 121 Å². The van der Waals surface area contributed by atoms with E-state index in [1.54, 1.807) is 29.5 Å². The summed E-state index contributed by atoms with van der Waals surface area (Å²) in [5, 5.41) is 3.46. The SMILES string of the molecule is Cc1ccc(C(C)NC(=O)c2ccc(Cl)cc2N)s1. The van der Waals surface area contributed by atoms with E-state index in [-0.39, 0.29) is 11.9 Å². The van der Waals surface area contributed by atoms with Crippen molar-refractivity contribution in [1.29, 1.82) is 0 Å². The zero-order valence-electron chi connectivity index (χ0n) is 10.7. The molecule has 1 unspecified atom stereocenters. The van der Waals surface area contributed by atoms with Crippen LogP contribution in [0.1, 0.15) is 33.1 Å². The van der Waals surface area contributed by atoms with E-state index < -0.39 is 0 Å². The lowest BCUT2D eigenvalue weighted by Gasteiger charge is -2.13. The van der Waals surface area contributed by atoms with Crippen LogP contribution in [0.25, 0.3) is 0 Å². The third-order valence-corrected chi connectivity index (χ3v) is 4.21. The van der Waals surface area contributed by atoms with E-state index in [2.05, 4.69) is 5.32 Å². The van der Waals surface area contributed by atoms with Gasteiger partial charge in [0.05, 0.1) is 11.6 Å². The van der Waals surface area contributed by atoms with Crippen LogP contribution >= 0.6 is 22.9 Å². The molecule has 0 aliphatic carbocycles. The first-order valence-electron chi connectivity index (χ1n) is 5.89. The van der Waals surface area contributed by atoms with Gasteiger partial charge in [-0.25, -0.2) is 0 Å². The molecular weight excluding hydrogens is 280 g/mol. The molecule has 1 heterocycles. The van der Waals surface area contributed by atoms with Crippen LogP contribution in [0.15, 0.2) is 30.3 Å². The number of thiophene rings is 1. The van der Waals surface area contributed by atoms with Gasteiger partial charge in [0.25, 0.3) is 5.91 Å². The fraction of sp³-hybridized carbons (Fsp3) is 0.214. The molecule has 0 saturated carbocycles. The fourth-order valence-corrected chi connectivity index (χ4v) is 2.83. The van der Waals surface area contributed by atoms with Gasteiger partial charge in [0, 0.05) is 20.5 Å². The van der Waals surface area contributed by atoms with Crippen LogP contribution in [0, 0.1) is 6.92 Å². The summed E-state index contributed by atoms with van der Waals surface area (Å²) < 4.78 is 0. The molecule has 19 heavy (non-hydrogen) atoms. The van der Waals surface area contributed by atoms with E-state index in [1.807, 2.05) is 26.0 Å². The maximum Gasteiger partial charge on any atom is 0.253 e. The Hall–Kier alpha value is -1.52. The number of anilines is 1. The molecule has 5 heteroatoms. The maximum atomic E-state index is 12.1. The molecule has 1 amide bonds. The van der Waals surface area contributed by atoms with E-state index in [1.165, 1.54) is 4.88 Å². The van der Waals surface area contributed by atoms with Crippen molar-refractivity contribution in [2.24, 2.45) is 0 Å². The van der Waals surface area contributed by atoms with Gasteiger partial charge in [0.1, 0.15) is 0 Å². The van der Waals surface area contributed by atoms with Gasteiger partial charge >= 0.3 is 0 Å². The van der Waals surface area contributed by atoms with Gasteiger partial charge in [-0.2, -0.15) is 0 Å². The average Bonchev–Trinajstić information content (AvgIpc) is 2.75. The number of hydrogen-bond acceptors (Lipinski definition) is 3. The van der Waals surface area contributed by atoms with Crippen molar-refractivity contribution in [2.75, 3.05) is 5.73 Å². The van der Waals surface area contributed by atoms with E-state index in [4.69, 9.17) is 17.3 Å². The first-order chi connectivity index (χ1) is 8.97. The summed E-state index contributed by atoms with van der Waals surface area (Å²) in [5.41, 5.74) is 6.64. The minimum absolute atomic E-state index is 0.0405. The van der Waals surface area contributed by atoms with Crippen LogP contribution in [-0.2, 0) is 0 Å². The third kappa shape index (κ3) is 3.28. The van der Waals surface area contributed by atoms with Crippen LogP contribution < -0.4 is 11.1 Å². The van der Waals surface area contributed by atoms with Gasteiger partial charge in [0.2, 0.25) is 0 Å². The van der Waals surface area contributed by atoms with E-state index in [0.29, 0.717) is 16.3 Å². The van der Waals surface area contributed by atoms with Crippen molar-refractivity contribution < 1.29 is 4.79 Å². The Bertz CT molecular complexity index is 609. The van der Waals surface area contributed by atoms with Crippen molar-refractivity contribution in [3.05, 3.63) is 50.7 Å². The highest BCUT2D eigenvalue weighted by molar-refractivity contribution is 7.12. The number of nitrogen functional groups attached to an aromatic ring is 1. The molecule has 0 bridgehead atoms. The summed E-state index contributed by atoms with van der Waals surface area (Å²) in [7, 11) is 0. The van der Waals surface area contributed by atoms with Gasteiger partial charge in [0.15, 0.2) is 0 Å². The second kappa shape index (κ2) is 5.63. The van der Waals surface area contributed by atoms with Crippen molar-refractivity contribution >= 4 is 34.5 Å². The molecular formula is C14H15ClN2OS. The second-order valence-corrected chi connectivity index (χ2v) is 6.13. The van der Waals surface area contributed by atoms with E-state index in [0.717, 1.165) is 4.88 Å². The minimum atomic E-state index is -0.187. The monoisotopic (exact) mass is 294 g/mol. The van der Waals surface area contributed by atoms with E-state index >= 15 is 0 Å². The summed E-state index contributed by atoms with van der Waals surface area (Å²) in [5.74, 6) is -0.187. The molecule has 0 fully saturated rings. The lowest BCUT2D eigenvalue weighted by Crippen LogP contribution is -2.26. The molecule has 1 aromatic heterocycles. The predicted molar refractivity (Wildman–Crippen MR) is 80.8 cm³/mol. The zero-order chi connectivity index (χ0) is 14.0. The molecule has 0 saturated heterocycles. The topological polar surface area (TPSA) is 55.1 Å². The summed E-state index contributed by atoms with van der Waals surface area (Å²) >= 11 is 7.49. The molecule has 100 valence electrons. The highest BCUT2D eigenvalue weighted by Crippen LogP contribution is 2.23. The molecule has 2 aromatic rings. The van der Waals surface area contributed by atoms with Crippen molar-refractivity contribution in [2.45, 2.75) is 19.9 Å². The highest BCUT2D eigenvalue weighted by Gasteiger charge is 2.15. The lowest BCUT2D eigenvalue weighted by atomic mass is 10.1. The van der Waals surface area contributed by atoms with Gasteiger partial charge in [-0.3, -0.25) is 4.79 Å². The number of hydrogen-bond donors (Lipinski definition) is 2. The number of benzene rings is 1. The molecule has 0 spiro atoms. The van der Waals surface area contributed by atoms with Crippen LogP contribution in [-0.4, -0.2) is 5.91 Å². The number of carbonyl (C=O) groups excluding carboxylic acids is 1. The Balaban J connectivity index is 2.12. The Morgan fingerprint density at radius 3 is 2.68 bits per heavy atom. The average molecular weight is 295 g/mol. The number of halogens is 1. The summed E-state index contributed by atoms with van der Waals surface area (Å²) in [6.45, 7) is 4.00. The van der Waals surface area contributed by atoms with E-state index in [9.17, 15) is 4.79 Å². The lowest BCUT2D eigenvalue weighted by molar-refractivity contribution is 0.0941. The standard InChI is InChI=1S/C14H15ClN2OS/c1-8-3-6-13(19-8)9(2)17-14(18)11-5-4-10(15)7-12(11)16/h3-7,9H,16H2,1-2H3,(H,17,18). The van der Waals surface area contributed by atoms with Crippen molar-refractivity contribution in [3.8, 4) is 0 Å². The predicted octanol–water partition coefficient (Wildman–Crippen LogP) is 3.78. The number of amides is 1. The number of aryl methyl sites for hydroxylation is 1. The largest absolute Gasteiger partial charge is 0.398 e. The van der Waals surface area contributed by atoms with Gasteiger partial charge in [-0.15, -0.1) is 11.3 Å². The zero-order valence-corrected chi connectivity index (χ0v) is 12.3. The Kier molecular flexibility index (Phi) is 4.12. The smallest absolute Gasteiger partial charge is 0.253 e. The third-order valence-electron chi connectivity index (χ3n) is 2.79. The quantitative estimate of drug-likeness (QED) is 0.846. The van der Waals surface area contributed by atoms with Crippen LogP contribution in [0.5, 0.6) is 0 Å². The summed E-state index contributed by atoms with van der Waals surface area (Å²) in [4.78, 5) is 14.5. The van der Waals surface area contributed by atoms with Crippen LogP contribution in [0.4, 0.5) is 5.69 Å². The Morgan fingerprint density at radius 1 is 1.37 bits per heavy atom. The molecule has 0 aliphatic heterocycles. The normalized spacial score (nSPS) is 12.2. The molecule has 0 radical (unpaired) electrons. The first kappa shape index (κ1) is 13.9. The molecule has 3 nitrogen and oxygen atoms in total. The molecule has 2 rings (SSSR count).